The second-order valence-corrected chi connectivity index (χ2v) is 11.1. The van der Waals surface area contributed by atoms with E-state index in [-0.39, 0.29) is 5.54 Å². The SMILES string of the molecule is Cc1nc2ccccc2n1-c1nc(N2CCOCC2)c2nc(C=C3CCN(C(C)(C)C)CC3)n(C)c2n1. The molecule has 0 saturated carbocycles. The van der Waals surface area contributed by atoms with Gasteiger partial charge < -0.3 is 14.2 Å². The number of morpholine rings is 1. The van der Waals surface area contributed by atoms with Gasteiger partial charge >= 0.3 is 0 Å². The standard InChI is InChI=1S/C28H36N8O/c1-19-29-21-8-6-7-9-22(21)36(19)27-31-25-24(26(32-27)34-14-16-37-17-15-34)30-23(33(25)5)18-20-10-12-35(13-11-20)28(2,3)4/h6-9,18H,10-17H2,1-5H3. The van der Waals surface area contributed by atoms with Gasteiger partial charge in [0.05, 0.1) is 24.2 Å². The van der Waals surface area contributed by atoms with E-state index in [1.54, 1.807) is 0 Å². The van der Waals surface area contributed by atoms with E-state index in [2.05, 4.69) is 54.3 Å². The van der Waals surface area contributed by atoms with Crippen molar-refractivity contribution in [2.75, 3.05) is 44.3 Å². The molecule has 9 nitrogen and oxygen atoms in total. The number of aromatic nitrogens is 6. The van der Waals surface area contributed by atoms with Crippen molar-refractivity contribution in [2.45, 2.75) is 46.1 Å². The lowest BCUT2D eigenvalue weighted by Crippen LogP contribution is -2.44. The smallest absolute Gasteiger partial charge is 0.239 e. The zero-order valence-corrected chi connectivity index (χ0v) is 22.5. The van der Waals surface area contributed by atoms with Gasteiger partial charge in [-0.2, -0.15) is 9.97 Å². The Morgan fingerprint density at radius 3 is 2.38 bits per heavy atom. The average Bonchev–Trinajstić information content (AvgIpc) is 3.39. The molecule has 0 spiro atoms. The molecule has 9 heteroatoms. The Balaban J connectivity index is 1.46. The molecule has 0 amide bonds. The van der Waals surface area contributed by atoms with Crippen LogP contribution in [0.25, 0.3) is 34.2 Å². The molecule has 194 valence electrons. The third-order valence-corrected chi connectivity index (χ3v) is 7.65. The number of anilines is 1. The number of benzene rings is 1. The van der Waals surface area contributed by atoms with E-state index in [9.17, 15) is 0 Å². The second kappa shape index (κ2) is 9.22. The Labute approximate surface area is 217 Å². The number of ether oxygens (including phenoxy) is 1. The van der Waals surface area contributed by atoms with E-state index in [4.69, 9.17) is 24.7 Å². The van der Waals surface area contributed by atoms with E-state index >= 15 is 0 Å². The van der Waals surface area contributed by atoms with Gasteiger partial charge in [0.15, 0.2) is 17.0 Å². The van der Waals surface area contributed by atoms with Crippen molar-refractivity contribution >= 4 is 34.1 Å². The van der Waals surface area contributed by atoms with Crippen LogP contribution in [0.1, 0.15) is 45.3 Å². The number of hydrogen-bond acceptors (Lipinski definition) is 7. The second-order valence-electron chi connectivity index (χ2n) is 11.1. The fourth-order valence-corrected chi connectivity index (χ4v) is 5.47. The number of para-hydroxylation sites is 2. The van der Waals surface area contributed by atoms with Crippen LogP contribution in [0, 0.1) is 6.92 Å². The van der Waals surface area contributed by atoms with Gasteiger partial charge in [-0.1, -0.05) is 17.7 Å². The van der Waals surface area contributed by atoms with Crippen molar-refractivity contribution in [3.8, 4) is 5.95 Å². The first-order valence-electron chi connectivity index (χ1n) is 13.3. The van der Waals surface area contributed by atoms with E-state index in [0.717, 1.165) is 78.7 Å². The van der Waals surface area contributed by atoms with E-state index in [0.29, 0.717) is 19.2 Å². The maximum atomic E-state index is 5.64. The first-order chi connectivity index (χ1) is 17.8. The molecule has 2 fully saturated rings. The van der Waals surface area contributed by atoms with Crippen LogP contribution in [0.15, 0.2) is 29.8 Å². The van der Waals surface area contributed by atoms with Gasteiger partial charge in [-0.05, 0) is 58.7 Å². The normalized spacial score (nSPS) is 17.8. The molecule has 4 aromatic rings. The van der Waals surface area contributed by atoms with Gasteiger partial charge in [0.25, 0.3) is 0 Å². The summed E-state index contributed by atoms with van der Waals surface area (Å²) in [7, 11) is 2.06. The first kappa shape index (κ1) is 24.1. The zero-order chi connectivity index (χ0) is 25.7. The highest BCUT2D eigenvalue weighted by atomic mass is 16.5. The number of likely N-dealkylation sites (tertiary alicyclic amines) is 1. The highest BCUT2D eigenvalue weighted by Crippen LogP contribution is 2.30. The molecule has 2 saturated heterocycles. The Morgan fingerprint density at radius 1 is 0.919 bits per heavy atom. The predicted octanol–water partition coefficient (Wildman–Crippen LogP) is 4.12. The van der Waals surface area contributed by atoms with Crippen LogP contribution in [0.5, 0.6) is 0 Å². The molecule has 0 aliphatic carbocycles. The van der Waals surface area contributed by atoms with Crippen molar-refractivity contribution in [1.82, 2.24) is 34.0 Å². The quantitative estimate of drug-likeness (QED) is 0.419. The number of piperidine rings is 1. The average molecular weight is 501 g/mol. The summed E-state index contributed by atoms with van der Waals surface area (Å²) in [5, 5.41) is 0. The topological polar surface area (TPSA) is 77.1 Å². The molecular weight excluding hydrogens is 464 g/mol. The Hall–Kier alpha value is -3.30. The summed E-state index contributed by atoms with van der Waals surface area (Å²) >= 11 is 0. The maximum Gasteiger partial charge on any atom is 0.239 e. The van der Waals surface area contributed by atoms with Crippen LogP contribution >= 0.6 is 0 Å². The third kappa shape index (κ3) is 4.40. The van der Waals surface area contributed by atoms with Crippen LogP contribution in [0.2, 0.25) is 0 Å². The number of fused-ring (bicyclic) bond motifs is 2. The van der Waals surface area contributed by atoms with Crippen molar-refractivity contribution in [3.05, 3.63) is 41.5 Å². The summed E-state index contributed by atoms with van der Waals surface area (Å²) < 4.78 is 9.80. The largest absolute Gasteiger partial charge is 0.378 e. The molecule has 5 heterocycles. The summed E-state index contributed by atoms with van der Waals surface area (Å²) in [6.45, 7) is 14.0. The summed E-state index contributed by atoms with van der Waals surface area (Å²) in [4.78, 5) is 24.8. The Morgan fingerprint density at radius 2 is 1.65 bits per heavy atom. The molecule has 0 radical (unpaired) electrons. The van der Waals surface area contributed by atoms with Crippen LogP contribution in [0.3, 0.4) is 0 Å². The molecule has 0 N–H and O–H groups in total. The number of nitrogens with zero attached hydrogens (tertiary/aromatic N) is 8. The lowest BCUT2D eigenvalue weighted by Gasteiger charge is -2.39. The molecule has 37 heavy (non-hydrogen) atoms. The fraction of sp³-hybridized carbons (Fsp3) is 0.500. The zero-order valence-electron chi connectivity index (χ0n) is 22.5. The number of imidazole rings is 2. The molecule has 6 rings (SSSR count). The van der Waals surface area contributed by atoms with Gasteiger partial charge in [-0.3, -0.25) is 9.47 Å². The molecule has 1 aromatic carbocycles. The molecular formula is C28H36N8O. The van der Waals surface area contributed by atoms with Gasteiger partial charge in [0, 0.05) is 38.8 Å². The minimum atomic E-state index is 0.206. The Kier molecular flexibility index (Phi) is 6.00. The lowest BCUT2D eigenvalue weighted by molar-refractivity contribution is 0.122. The molecule has 0 bridgehead atoms. The van der Waals surface area contributed by atoms with E-state index < -0.39 is 0 Å². The summed E-state index contributed by atoms with van der Waals surface area (Å²) in [6.07, 6.45) is 4.39. The number of hydrogen-bond donors (Lipinski definition) is 0. The maximum absolute atomic E-state index is 5.64. The van der Waals surface area contributed by atoms with Gasteiger partial charge in [0.2, 0.25) is 5.95 Å². The summed E-state index contributed by atoms with van der Waals surface area (Å²) in [5.41, 5.74) is 5.27. The number of aryl methyl sites for hydroxylation is 2. The molecule has 0 unspecified atom stereocenters. The van der Waals surface area contributed by atoms with Gasteiger partial charge in [-0.25, -0.2) is 9.97 Å². The van der Waals surface area contributed by atoms with Gasteiger partial charge in [0.1, 0.15) is 11.6 Å². The van der Waals surface area contributed by atoms with Crippen LogP contribution in [-0.2, 0) is 11.8 Å². The molecule has 2 aliphatic heterocycles. The lowest BCUT2D eigenvalue weighted by atomic mass is 9.97. The van der Waals surface area contributed by atoms with Crippen LogP contribution in [0.4, 0.5) is 5.82 Å². The monoisotopic (exact) mass is 500 g/mol. The van der Waals surface area contributed by atoms with E-state index in [1.807, 2.05) is 29.7 Å². The number of rotatable bonds is 3. The summed E-state index contributed by atoms with van der Waals surface area (Å²) in [6, 6.07) is 8.13. The predicted molar refractivity (Wildman–Crippen MR) is 147 cm³/mol. The van der Waals surface area contributed by atoms with E-state index in [1.165, 1.54) is 5.57 Å². The van der Waals surface area contributed by atoms with Crippen LogP contribution < -0.4 is 4.90 Å². The van der Waals surface area contributed by atoms with Crippen molar-refractivity contribution in [2.24, 2.45) is 7.05 Å². The van der Waals surface area contributed by atoms with Gasteiger partial charge in [-0.15, -0.1) is 0 Å². The summed E-state index contributed by atoms with van der Waals surface area (Å²) in [5.74, 6) is 3.29. The first-order valence-corrected chi connectivity index (χ1v) is 13.3. The highest BCUT2D eigenvalue weighted by Gasteiger charge is 2.26. The Bertz CT molecular complexity index is 1480. The fourth-order valence-electron chi connectivity index (χ4n) is 5.47. The molecule has 0 atom stereocenters. The van der Waals surface area contributed by atoms with Crippen molar-refractivity contribution < 1.29 is 4.74 Å². The minimum Gasteiger partial charge on any atom is -0.378 e. The van der Waals surface area contributed by atoms with Crippen LogP contribution in [-0.4, -0.2) is 78.9 Å². The minimum absolute atomic E-state index is 0.206. The molecule has 2 aliphatic rings. The molecule has 3 aromatic heterocycles. The van der Waals surface area contributed by atoms with Crippen molar-refractivity contribution in [1.29, 1.82) is 0 Å². The third-order valence-electron chi connectivity index (χ3n) is 7.65. The highest BCUT2D eigenvalue weighted by molar-refractivity contribution is 5.87. The van der Waals surface area contributed by atoms with Crippen molar-refractivity contribution in [3.63, 3.8) is 0 Å².